The standard InChI is InChI=1S/C17H15F3N6/c1-2-7-25(10-13-5-3-12(9-21)4-6-13)15-8-14(17(18,19)20)24-16-22-11-23-26(15)16/h3-6,8,11H,2,7,10H2,1H3. The molecule has 134 valence electrons. The molecule has 1 aromatic carbocycles. The molecule has 3 rings (SSSR count). The monoisotopic (exact) mass is 360 g/mol. The maximum Gasteiger partial charge on any atom is 0.433 e. The van der Waals surface area contributed by atoms with Gasteiger partial charge in [0.1, 0.15) is 12.1 Å². The minimum atomic E-state index is -4.57. The third-order valence-electron chi connectivity index (χ3n) is 3.80. The first kappa shape index (κ1) is 17.7. The first-order valence-electron chi connectivity index (χ1n) is 7.94. The van der Waals surface area contributed by atoms with Crippen LogP contribution in [-0.4, -0.2) is 26.1 Å². The van der Waals surface area contributed by atoms with Gasteiger partial charge in [0.25, 0.3) is 5.78 Å². The van der Waals surface area contributed by atoms with Gasteiger partial charge in [-0.25, -0.2) is 4.98 Å². The Labute approximate surface area is 147 Å². The fourth-order valence-corrected chi connectivity index (χ4v) is 2.62. The number of benzene rings is 1. The van der Waals surface area contributed by atoms with Crippen LogP contribution in [0.4, 0.5) is 19.0 Å². The predicted octanol–water partition coefficient (Wildman–Crippen LogP) is 3.43. The molecule has 2 heterocycles. The molecule has 0 aliphatic rings. The Morgan fingerprint density at radius 1 is 1.23 bits per heavy atom. The van der Waals surface area contributed by atoms with Crippen LogP contribution in [-0.2, 0) is 12.7 Å². The fraction of sp³-hybridized carbons (Fsp3) is 0.294. The van der Waals surface area contributed by atoms with Gasteiger partial charge in [-0.2, -0.15) is 33.0 Å². The maximum atomic E-state index is 13.2. The molecule has 0 saturated carbocycles. The molecule has 0 bridgehead atoms. The number of nitrogens with zero attached hydrogens (tertiary/aromatic N) is 6. The largest absolute Gasteiger partial charge is 0.433 e. The Bertz CT molecular complexity index is 940. The van der Waals surface area contributed by atoms with E-state index in [4.69, 9.17) is 5.26 Å². The highest BCUT2D eigenvalue weighted by atomic mass is 19.4. The lowest BCUT2D eigenvalue weighted by atomic mass is 10.1. The number of halogens is 3. The zero-order valence-electron chi connectivity index (χ0n) is 13.9. The van der Waals surface area contributed by atoms with E-state index in [1.54, 1.807) is 29.2 Å². The molecule has 26 heavy (non-hydrogen) atoms. The molecule has 9 heteroatoms. The lowest BCUT2D eigenvalue weighted by molar-refractivity contribution is -0.141. The summed E-state index contributed by atoms with van der Waals surface area (Å²) in [7, 11) is 0. The summed E-state index contributed by atoms with van der Waals surface area (Å²) in [6.07, 6.45) is -2.66. The SMILES string of the molecule is CCCN(Cc1ccc(C#N)cc1)c1cc(C(F)(F)F)nc2ncnn12. The predicted molar refractivity (Wildman–Crippen MR) is 88.3 cm³/mol. The minimum Gasteiger partial charge on any atom is -0.352 e. The second-order valence-corrected chi connectivity index (χ2v) is 5.70. The van der Waals surface area contributed by atoms with Crippen LogP contribution in [0.15, 0.2) is 36.7 Å². The number of anilines is 1. The van der Waals surface area contributed by atoms with E-state index in [0.717, 1.165) is 18.1 Å². The van der Waals surface area contributed by atoms with Gasteiger partial charge in [0.2, 0.25) is 0 Å². The van der Waals surface area contributed by atoms with Gasteiger partial charge in [-0.3, -0.25) is 0 Å². The smallest absolute Gasteiger partial charge is 0.352 e. The van der Waals surface area contributed by atoms with Crippen LogP contribution in [0, 0.1) is 11.3 Å². The molecule has 6 nitrogen and oxygen atoms in total. The minimum absolute atomic E-state index is 0.101. The summed E-state index contributed by atoms with van der Waals surface area (Å²) >= 11 is 0. The van der Waals surface area contributed by atoms with Crippen LogP contribution in [0.5, 0.6) is 0 Å². The van der Waals surface area contributed by atoms with Gasteiger partial charge in [-0.15, -0.1) is 0 Å². The summed E-state index contributed by atoms with van der Waals surface area (Å²) < 4.78 is 40.9. The van der Waals surface area contributed by atoms with Crippen molar-refractivity contribution >= 4 is 11.6 Å². The van der Waals surface area contributed by atoms with Gasteiger partial charge in [-0.05, 0) is 24.1 Å². The summed E-state index contributed by atoms with van der Waals surface area (Å²) in [5.41, 5.74) is 0.391. The van der Waals surface area contributed by atoms with Crippen molar-refractivity contribution in [3.05, 3.63) is 53.5 Å². The highest BCUT2D eigenvalue weighted by Crippen LogP contribution is 2.31. The molecule has 0 amide bonds. The number of aromatic nitrogens is 4. The molecule has 2 aromatic heterocycles. The van der Waals surface area contributed by atoms with Crippen molar-refractivity contribution in [1.29, 1.82) is 5.26 Å². The van der Waals surface area contributed by atoms with Gasteiger partial charge in [-0.1, -0.05) is 19.1 Å². The topological polar surface area (TPSA) is 70.1 Å². The summed E-state index contributed by atoms with van der Waals surface area (Å²) in [5.74, 6) is 0.168. The van der Waals surface area contributed by atoms with Crippen molar-refractivity contribution in [3.8, 4) is 6.07 Å². The van der Waals surface area contributed by atoms with Crippen LogP contribution in [0.3, 0.4) is 0 Å². The molecule has 0 aliphatic heterocycles. The molecule has 0 fully saturated rings. The van der Waals surface area contributed by atoms with Crippen molar-refractivity contribution in [2.75, 3.05) is 11.4 Å². The van der Waals surface area contributed by atoms with Crippen molar-refractivity contribution in [3.63, 3.8) is 0 Å². The lowest BCUT2D eigenvalue weighted by Gasteiger charge is -2.25. The summed E-state index contributed by atoms with van der Waals surface area (Å²) in [6.45, 7) is 2.84. The average molecular weight is 360 g/mol. The quantitative estimate of drug-likeness (QED) is 0.697. The molecular weight excluding hydrogens is 345 g/mol. The van der Waals surface area contributed by atoms with Gasteiger partial charge < -0.3 is 4.90 Å². The Hall–Kier alpha value is -3.15. The van der Waals surface area contributed by atoms with Gasteiger partial charge in [0.05, 0.1) is 11.6 Å². The van der Waals surface area contributed by atoms with Crippen LogP contribution < -0.4 is 4.90 Å². The summed E-state index contributed by atoms with van der Waals surface area (Å²) in [4.78, 5) is 9.14. The second-order valence-electron chi connectivity index (χ2n) is 5.70. The Balaban J connectivity index is 2.03. The number of hydrogen-bond donors (Lipinski definition) is 0. The molecule has 0 aliphatic carbocycles. The maximum absolute atomic E-state index is 13.2. The van der Waals surface area contributed by atoms with Crippen LogP contribution in [0.1, 0.15) is 30.2 Å². The van der Waals surface area contributed by atoms with E-state index in [9.17, 15) is 13.2 Å². The Morgan fingerprint density at radius 2 is 1.96 bits per heavy atom. The third kappa shape index (κ3) is 3.59. The lowest BCUT2D eigenvalue weighted by Crippen LogP contribution is -2.27. The zero-order valence-corrected chi connectivity index (χ0v) is 13.9. The number of rotatable bonds is 5. The molecule has 0 spiro atoms. The van der Waals surface area contributed by atoms with Crippen molar-refractivity contribution in [2.24, 2.45) is 0 Å². The number of nitriles is 1. The van der Waals surface area contributed by atoms with Crippen molar-refractivity contribution < 1.29 is 13.2 Å². The molecule has 0 atom stereocenters. The molecule has 0 unspecified atom stereocenters. The van der Waals surface area contributed by atoms with E-state index in [1.165, 1.54) is 10.8 Å². The highest BCUT2D eigenvalue weighted by Gasteiger charge is 2.34. The van der Waals surface area contributed by atoms with Crippen LogP contribution in [0.25, 0.3) is 5.78 Å². The zero-order chi connectivity index (χ0) is 18.7. The van der Waals surface area contributed by atoms with Gasteiger partial charge in [0.15, 0.2) is 5.69 Å². The Morgan fingerprint density at radius 3 is 2.58 bits per heavy atom. The number of hydrogen-bond acceptors (Lipinski definition) is 5. The number of fused-ring (bicyclic) bond motifs is 1. The molecule has 0 saturated heterocycles. The highest BCUT2D eigenvalue weighted by molar-refractivity contribution is 5.48. The van der Waals surface area contributed by atoms with Crippen molar-refractivity contribution in [2.45, 2.75) is 26.1 Å². The van der Waals surface area contributed by atoms with E-state index in [-0.39, 0.29) is 11.6 Å². The van der Waals surface area contributed by atoms with E-state index >= 15 is 0 Å². The van der Waals surface area contributed by atoms with Gasteiger partial charge >= 0.3 is 6.18 Å². The Kier molecular flexibility index (Phi) is 4.75. The van der Waals surface area contributed by atoms with Crippen molar-refractivity contribution in [1.82, 2.24) is 19.6 Å². The van der Waals surface area contributed by atoms with Crippen LogP contribution >= 0.6 is 0 Å². The van der Waals surface area contributed by atoms with Crippen LogP contribution in [0.2, 0.25) is 0 Å². The first-order valence-corrected chi connectivity index (χ1v) is 7.94. The first-order chi connectivity index (χ1) is 12.4. The van der Waals surface area contributed by atoms with E-state index < -0.39 is 11.9 Å². The second kappa shape index (κ2) is 7.00. The average Bonchev–Trinajstić information content (AvgIpc) is 3.09. The van der Waals surface area contributed by atoms with E-state index in [1.807, 2.05) is 13.0 Å². The normalized spacial score (nSPS) is 11.5. The molecule has 0 N–H and O–H groups in total. The molecule has 0 radical (unpaired) electrons. The third-order valence-corrected chi connectivity index (χ3v) is 3.80. The molecular formula is C17H15F3N6. The van der Waals surface area contributed by atoms with E-state index in [0.29, 0.717) is 18.7 Å². The summed E-state index contributed by atoms with van der Waals surface area (Å²) in [6, 6.07) is 9.95. The summed E-state index contributed by atoms with van der Waals surface area (Å²) in [5, 5.41) is 12.9. The molecule has 3 aromatic rings. The van der Waals surface area contributed by atoms with E-state index in [2.05, 4.69) is 15.1 Å². The van der Waals surface area contributed by atoms with Gasteiger partial charge in [0, 0.05) is 19.2 Å². The fourth-order valence-electron chi connectivity index (χ4n) is 2.62. The number of alkyl halides is 3.